The molecule has 0 radical (unpaired) electrons. The highest BCUT2D eigenvalue weighted by Gasteiger charge is 2.21. The molecule has 0 saturated heterocycles. The summed E-state index contributed by atoms with van der Waals surface area (Å²) in [6.07, 6.45) is 0. The fourth-order valence-electron chi connectivity index (χ4n) is 2.93. The second kappa shape index (κ2) is 8.89. The van der Waals surface area contributed by atoms with Gasteiger partial charge < -0.3 is 10.4 Å². The van der Waals surface area contributed by atoms with Crippen molar-refractivity contribution in [2.45, 2.75) is 24.4 Å². The zero-order chi connectivity index (χ0) is 20.9. The normalized spacial score (nSPS) is 12.3. The van der Waals surface area contributed by atoms with Crippen molar-refractivity contribution in [3.05, 3.63) is 95.6 Å². The van der Waals surface area contributed by atoms with Crippen molar-refractivity contribution in [1.29, 1.82) is 0 Å². The molecule has 0 saturated carbocycles. The van der Waals surface area contributed by atoms with E-state index in [-0.39, 0.29) is 10.5 Å². The molecular formula is C22H22N2O4S. The first-order valence-corrected chi connectivity index (χ1v) is 10.6. The molecule has 0 spiro atoms. The van der Waals surface area contributed by atoms with Crippen molar-refractivity contribution in [3.63, 3.8) is 0 Å². The van der Waals surface area contributed by atoms with Crippen LogP contribution in [0.3, 0.4) is 0 Å². The largest absolute Gasteiger partial charge is 0.478 e. The minimum absolute atomic E-state index is 0.0945. The minimum atomic E-state index is -3.89. The SMILES string of the molecule is C[C@@H](NS(=O)(=O)c1ccc(NCc2ccccc2)c(C(=O)O)c1)c1ccccc1. The van der Waals surface area contributed by atoms with Gasteiger partial charge in [-0.05, 0) is 36.2 Å². The van der Waals surface area contributed by atoms with E-state index in [1.807, 2.05) is 60.7 Å². The molecule has 3 aromatic rings. The minimum Gasteiger partial charge on any atom is -0.478 e. The Hall–Kier alpha value is -3.16. The van der Waals surface area contributed by atoms with Gasteiger partial charge in [0.15, 0.2) is 0 Å². The Labute approximate surface area is 170 Å². The first kappa shape index (κ1) is 20.6. The molecule has 3 N–H and O–H groups in total. The number of hydrogen-bond donors (Lipinski definition) is 3. The number of carboxylic acids is 1. The summed E-state index contributed by atoms with van der Waals surface area (Å²) < 4.78 is 28.1. The Morgan fingerprint density at radius 2 is 1.59 bits per heavy atom. The summed E-state index contributed by atoms with van der Waals surface area (Å²) in [4.78, 5) is 11.6. The van der Waals surface area contributed by atoms with Crippen LogP contribution in [0.15, 0.2) is 83.8 Å². The van der Waals surface area contributed by atoms with Crippen molar-refractivity contribution < 1.29 is 18.3 Å². The predicted octanol–water partition coefficient (Wildman–Crippen LogP) is 4.04. The van der Waals surface area contributed by atoms with Gasteiger partial charge in [0.1, 0.15) is 0 Å². The van der Waals surface area contributed by atoms with Gasteiger partial charge in [-0.3, -0.25) is 0 Å². The van der Waals surface area contributed by atoms with E-state index < -0.39 is 22.0 Å². The lowest BCUT2D eigenvalue weighted by molar-refractivity contribution is 0.0697. The van der Waals surface area contributed by atoms with Crippen LogP contribution in [0.4, 0.5) is 5.69 Å². The monoisotopic (exact) mass is 410 g/mol. The lowest BCUT2D eigenvalue weighted by Gasteiger charge is -2.16. The average Bonchev–Trinajstić information content (AvgIpc) is 2.73. The van der Waals surface area contributed by atoms with Gasteiger partial charge in [0.05, 0.1) is 10.5 Å². The van der Waals surface area contributed by atoms with Crippen LogP contribution in [0.25, 0.3) is 0 Å². The summed E-state index contributed by atoms with van der Waals surface area (Å²) in [7, 11) is -3.89. The topological polar surface area (TPSA) is 95.5 Å². The number of carboxylic acid groups (broad SMARTS) is 1. The third-order valence-electron chi connectivity index (χ3n) is 4.49. The number of aromatic carboxylic acids is 1. The second-order valence-corrected chi connectivity index (χ2v) is 8.32. The molecule has 0 aromatic heterocycles. The van der Waals surface area contributed by atoms with Crippen LogP contribution < -0.4 is 10.0 Å². The van der Waals surface area contributed by atoms with Gasteiger partial charge in [-0.2, -0.15) is 0 Å². The van der Waals surface area contributed by atoms with Gasteiger partial charge in [0.2, 0.25) is 10.0 Å². The number of hydrogen-bond acceptors (Lipinski definition) is 4. The van der Waals surface area contributed by atoms with Crippen molar-refractivity contribution in [2.24, 2.45) is 0 Å². The zero-order valence-corrected chi connectivity index (χ0v) is 16.7. The van der Waals surface area contributed by atoms with Crippen LogP contribution in [0.5, 0.6) is 0 Å². The standard InChI is InChI=1S/C22H22N2O4S/c1-16(18-10-6-3-7-11-18)24-29(27,28)19-12-13-21(20(14-19)22(25)26)23-15-17-8-4-2-5-9-17/h2-14,16,23-24H,15H2,1H3,(H,25,26)/t16-/m1/s1. The van der Waals surface area contributed by atoms with Gasteiger partial charge in [-0.1, -0.05) is 60.7 Å². The highest BCUT2D eigenvalue weighted by Crippen LogP contribution is 2.23. The number of sulfonamides is 1. The van der Waals surface area contributed by atoms with Crippen LogP contribution in [-0.2, 0) is 16.6 Å². The molecule has 0 amide bonds. The lowest BCUT2D eigenvalue weighted by Crippen LogP contribution is -2.27. The molecular weight excluding hydrogens is 388 g/mol. The summed E-state index contributed by atoms with van der Waals surface area (Å²) in [6.45, 7) is 2.16. The Balaban J connectivity index is 1.82. The van der Waals surface area contributed by atoms with Crippen LogP contribution in [-0.4, -0.2) is 19.5 Å². The van der Waals surface area contributed by atoms with E-state index in [4.69, 9.17) is 0 Å². The lowest BCUT2D eigenvalue weighted by atomic mass is 10.1. The Bertz CT molecular complexity index is 1080. The van der Waals surface area contributed by atoms with Gasteiger partial charge in [0.25, 0.3) is 0 Å². The first-order chi connectivity index (χ1) is 13.9. The van der Waals surface area contributed by atoms with E-state index in [1.165, 1.54) is 18.2 Å². The van der Waals surface area contributed by atoms with Crippen LogP contribution in [0.2, 0.25) is 0 Å². The van der Waals surface area contributed by atoms with Crippen LogP contribution >= 0.6 is 0 Å². The van der Waals surface area contributed by atoms with Crippen LogP contribution in [0, 0.1) is 0 Å². The zero-order valence-electron chi connectivity index (χ0n) is 15.9. The third-order valence-corrected chi connectivity index (χ3v) is 6.03. The predicted molar refractivity (Wildman–Crippen MR) is 112 cm³/mol. The maximum atomic E-state index is 12.8. The van der Waals surface area contributed by atoms with Gasteiger partial charge >= 0.3 is 5.97 Å². The molecule has 0 aliphatic heterocycles. The summed E-state index contributed by atoms with van der Waals surface area (Å²) in [6, 6.07) is 22.3. The third kappa shape index (κ3) is 5.22. The van der Waals surface area contributed by atoms with Gasteiger partial charge in [0, 0.05) is 18.3 Å². The molecule has 0 aliphatic rings. The second-order valence-electron chi connectivity index (χ2n) is 6.61. The van der Waals surface area contributed by atoms with E-state index in [2.05, 4.69) is 10.0 Å². The number of anilines is 1. The van der Waals surface area contributed by atoms with E-state index in [9.17, 15) is 18.3 Å². The molecule has 0 bridgehead atoms. The molecule has 0 fully saturated rings. The average molecular weight is 410 g/mol. The molecule has 29 heavy (non-hydrogen) atoms. The van der Waals surface area contributed by atoms with Crippen LogP contribution in [0.1, 0.15) is 34.5 Å². The fraction of sp³-hybridized carbons (Fsp3) is 0.136. The first-order valence-electron chi connectivity index (χ1n) is 9.09. The molecule has 7 heteroatoms. The van der Waals surface area contributed by atoms with Crippen molar-refractivity contribution >= 4 is 21.7 Å². The molecule has 3 rings (SSSR count). The molecule has 0 aliphatic carbocycles. The highest BCUT2D eigenvalue weighted by molar-refractivity contribution is 7.89. The highest BCUT2D eigenvalue weighted by atomic mass is 32.2. The van der Waals surface area contributed by atoms with Crippen molar-refractivity contribution in [1.82, 2.24) is 4.72 Å². The Morgan fingerprint density at radius 1 is 0.966 bits per heavy atom. The van der Waals surface area contributed by atoms with E-state index in [0.717, 1.165) is 11.1 Å². The van der Waals surface area contributed by atoms with Crippen molar-refractivity contribution in [3.8, 4) is 0 Å². The number of carbonyl (C=O) groups is 1. The maximum absolute atomic E-state index is 12.8. The summed E-state index contributed by atoms with van der Waals surface area (Å²) >= 11 is 0. The van der Waals surface area contributed by atoms with Gasteiger partial charge in [-0.25, -0.2) is 17.9 Å². The van der Waals surface area contributed by atoms with Gasteiger partial charge in [-0.15, -0.1) is 0 Å². The number of benzene rings is 3. The molecule has 0 heterocycles. The molecule has 150 valence electrons. The van der Waals surface area contributed by atoms with E-state index in [1.54, 1.807) is 6.92 Å². The Kier molecular flexibility index (Phi) is 6.31. The molecule has 0 unspecified atom stereocenters. The van der Waals surface area contributed by atoms with Crippen molar-refractivity contribution in [2.75, 3.05) is 5.32 Å². The Morgan fingerprint density at radius 3 is 2.21 bits per heavy atom. The maximum Gasteiger partial charge on any atom is 0.337 e. The summed E-state index contributed by atoms with van der Waals surface area (Å²) in [5.41, 5.74) is 2.06. The quantitative estimate of drug-likeness (QED) is 0.521. The smallest absolute Gasteiger partial charge is 0.337 e. The molecule has 3 aromatic carbocycles. The molecule has 1 atom stereocenters. The summed E-state index contributed by atoms with van der Waals surface area (Å²) in [5, 5.41) is 12.6. The molecule has 6 nitrogen and oxygen atoms in total. The number of rotatable bonds is 8. The fourth-order valence-corrected chi connectivity index (χ4v) is 4.18. The van der Waals surface area contributed by atoms with E-state index in [0.29, 0.717) is 12.2 Å². The number of nitrogens with one attached hydrogen (secondary N) is 2. The summed E-state index contributed by atoms with van der Waals surface area (Å²) in [5.74, 6) is -1.20. The van der Waals surface area contributed by atoms with E-state index >= 15 is 0 Å².